The van der Waals surface area contributed by atoms with Crippen molar-refractivity contribution in [3.8, 4) is 6.07 Å². The molecule has 1 heterocycles. The van der Waals surface area contributed by atoms with Crippen LogP contribution >= 0.6 is 0 Å². The summed E-state index contributed by atoms with van der Waals surface area (Å²) in [6, 6.07) is 2.02. The third-order valence-corrected chi connectivity index (χ3v) is 4.92. The van der Waals surface area contributed by atoms with Gasteiger partial charge in [-0.2, -0.15) is 10.4 Å². The molecule has 1 aromatic heterocycles. The summed E-state index contributed by atoms with van der Waals surface area (Å²) in [6.07, 6.45) is 9.90. The van der Waals surface area contributed by atoms with Crippen LogP contribution in [0.15, 0.2) is 6.20 Å². The summed E-state index contributed by atoms with van der Waals surface area (Å²) in [5.74, 6) is 2.13. The van der Waals surface area contributed by atoms with Crippen LogP contribution in [-0.4, -0.2) is 16.1 Å². The van der Waals surface area contributed by atoms with E-state index in [1.54, 1.807) is 0 Å². The zero-order valence-electron chi connectivity index (χ0n) is 11.6. The Bertz CT molecular complexity index is 530. The van der Waals surface area contributed by atoms with Crippen molar-refractivity contribution < 1.29 is 4.79 Å². The highest BCUT2D eigenvalue weighted by Crippen LogP contribution is 2.42. The zero-order chi connectivity index (χ0) is 13.9. The van der Waals surface area contributed by atoms with Crippen LogP contribution in [0.2, 0.25) is 0 Å². The second kappa shape index (κ2) is 5.66. The Morgan fingerprint density at radius 3 is 2.90 bits per heavy atom. The molecular weight excluding hydrogens is 252 g/mol. The van der Waals surface area contributed by atoms with Crippen LogP contribution in [0, 0.1) is 29.1 Å². The summed E-state index contributed by atoms with van der Waals surface area (Å²) in [4.78, 5) is 12.3. The largest absolute Gasteiger partial charge is 0.310 e. The number of nitrogens with zero attached hydrogens (tertiary/aromatic N) is 2. The molecule has 0 spiro atoms. The molecule has 2 fully saturated rings. The van der Waals surface area contributed by atoms with Gasteiger partial charge in [0.1, 0.15) is 17.5 Å². The average molecular weight is 272 g/mol. The highest BCUT2D eigenvalue weighted by Gasteiger charge is 2.35. The molecule has 3 atom stereocenters. The SMILES string of the molecule is N#Cc1cn[nH]c1NC(=O)C1CCC2CCCCC2C1. The van der Waals surface area contributed by atoms with Gasteiger partial charge in [-0.3, -0.25) is 9.89 Å². The average Bonchev–Trinajstić information content (AvgIpc) is 2.94. The van der Waals surface area contributed by atoms with E-state index in [4.69, 9.17) is 5.26 Å². The molecule has 0 bridgehead atoms. The van der Waals surface area contributed by atoms with E-state index in [1.165, 1.54) is 38.3 Å². The van der Waals surface area contributed by atoms with Gasteiger partial charge in [-0.1, -0.05) is 25.7 Å². The molecule has 20 heavy (non-hydrogen) atoms. The molecule has 5 heteroatoms. The van der Waals surface area contributed by atoms with Crippen LogP contribution in [0.3, 0.4) is 0 Å². The Morgan fingerprint density at radius 1 is 1.30 bits per heavy atom. The fourth-order valence-electron chi connectivity index (χ4n) is 3.80. The summed E-state index contributed by atoms with van der Waals surface area (Å²) in [6.45, 7) is 0. The van der Waals surface area contributed by atoms with Gasteiger partial charge in [0.15, 0.2) is 0 Å². The normalized spacial score (nSPS) is 29.2. The number of fused-ring (bicyclic) bond motifs is 1. The van der Waals surface area contributed by atoms with Gasteiger partial charge >= 0.3 is 0 Å². The van der Waals surface area contributed by atoms with Gasteiger partial charge in [-0.15, -0.1) is 0 Å². The molecule has 1 amide bonds. The minimum atomic E-state index is 0.0368. The number of carbonyl (C=O) groups is 1. The highest BCUT2D eigenvalue weighted by molar-refractivity contribution is 5.92. The second-order valence-corrected chi connectivity index (χ2v) is 6.07. The number of hydrogen-bond donors (Lipinski definition) is 2. The van der Waals surface area contributed by atoms with Gasteiger partial charge in [0.2, 0.25) is 5.91 Å². The lowest BCUT2D eigenvalue weighted by atomic mass is 9.67. The molecular formula is C15H20N4O. The van der Waals surface area contributed by atoms with Gasteiger partial charge in [-0.25, -0.2) is 0 Å². The van der Waals surface area contributed by atoms with Crippen molar-refractivity contribution in [2.24, 2.45) is 17.8 Å². The van der Waals surface area contributed by atoms with Crippen molar-refractivity contribution in [3.63, 3.8) is 0 Å². The molecule has 0 aliphatic heterocycles. The molecule has 2 aliphatic rings. The number of nitrogens with one attached hydrogen (secondary N) is 2. The lowest BCUT2D eigenvalue weighted by molar-refractivity contribution is -0.122. The fraction of sp³-hybridized carbons (Fsp3) is 0.667. The van der Waals surface area contributed by atoms with Crippen molar-refractivity contribution in [2.45, 2.75) is 44.9 Å². The monoisotopic (exact) mass is 272 g/mol. The van der Waals surface area contributed by atoms with Gasteiger partial charge in [0.25, 0.3) is 0 Å². The van der Waals surface area contributed by atoms with E-state index in [0.29, 0.717) is 11.4 Å². The van der Waals surface area contributed by atoms with Crippen LogP contribution in [0.25, 0.3) is 0 Å². The topological polar surface area (TPSA) is 81.6 Å². The number of aromatic amines is 1. The van der Waals surface area contributed by atoms with Crippen molar-refractivity contribution in [3.05, 3.63) is 11.8 Å². The first kappa shape index (κ1) is 13.2. The fourth-order valence-corrected chi connectivity index (χ4v) is 3.80. The third-order valence-electron chi connectivity index (χ3n) is 4.92. The first-order valence-corrected chi connectivity index (χ1v) is 7.52. The van der Waals surface area contributed by atoms with Gasteiger partial charge in [-0.05, 0) is 31.1 Å². The number of carbonyl (C=O) groups excluding carboxylic acids is 1. The van der Waals surface area contributed by atoms with E-state index in [2.05, 4.69) is 15.5 Å². The smallest absolute Gasteiger partial charge is 0.228 e. The van der Waals surface area contributed by atoms with Crippen LogP contribution < -0.4 is 5.32 Å². The Kier molecular flexibility index (Phi) is 3.72. The van der Waals surface area contributed by atoms with Crippen molar-refractivity contribution in [1.82, 2.24) is 10.2 Å². The minimum absolute atomic E-state index is 0.0368. The van der Waals surface area contributed by atoms with Crippen LogP contribution in [-0.2, 0) is 4.79 Å². The van der Waals surface area contributed by atoms with Crippen molar-refractivity contribution >= 4 is 11.7 Å². The number of hydrogen-bond acceptors (Lipinski definition) is 3. The van der Waals surface area contributed by atoms with Gasteiger partial charge < -0.3 is 5.32 Å². The van der Waals surface area contributed by atoms with E-state index < -0.39 is 0 Å². The van der Waals surface area contributed by atoms with Crippen molar-refractivity contribution in [1.29, 1.82) is 5.26 Å². The Balaban J connectivity index is 1.62. The predicted octanol–water partition coefficient (Wildman–Crippen LogP) is 2.83. The lowest BCUT2D eigenvalue weighted by Crippen LogP contribution is -2.34. The second-order valence-electron chi connectivity index (χ2n) is 6.07. The molecule has 1 aromatic rings. The van der Waals surface area contributed by atoms with Crippen LogP contribution in [0.1, 0.15) is 50.5 Å². The molecule has 0 aromatic carbocycles. The van der Waals surface area contributed by atoms with E-state index in [0.717, 1.165) is 24.7 Å². The molecule has 3 unspecified atom stereocenters. The highest BCUT2D eigenvalue weighted by atomic mass is 16.2. The standard InChI is InChI=1S/C15H20N4O/c16-8-13-9-17-19-14(13)18-15(20)12-6-5-10-3-1-2-4-11(10)7-12/h9-12H,1-7H2,(H2,17,18,19,20). The van der Waals surface area contributed by atoms with Crippen LogP contribution in [0.5, 0.6) is 0 Å². The summed E-state index contributed by atoms with van der Waals surface area (Å²) in [7, 11) is 0. The molecule has 0 saturated heterocycles. The van der Waals surface area contributed by atoms with Crippen molar-refractivity contribution in [2.75, 3.05) is 5.32 Å². The number of rotatable bonds is 2. The molecule has 2 N–H and O–H groups in total. The first-order valence-electron chi connectivity index (χ1n) is 7.52. The predicted molar refractivity (Wildman–Crippen MR) is 74.7 cm³/mol. The van der Waals surface area contributed by atoms with Gasteiger partial charge in [0.05, 0.1) is 6.20 Å². The number of amides is 1. The molecule has 2 aliphatic carbocycles. The molecule has 0 radical (unpaired) electrons. The number of anilines is 1. The third kappa shape index (κ3) is 2.55. The van der Waals surface area contributed by atoms with E-state index >= 15 is 0 Å². The number of H-pyrrole nitrogens is 1. The number of nitriles is 1. The first-order chi connectivity index (χ1) is 9.78. The maximum Gasteiger partial charge on any atom is 0.228 e. The van der Waals surface area contributed by atoms with E-state index in [9.17, 15) is 4.79 Å². The Hall–Kier alpha value is -1.83. The quantitative estimate of drug-likeness (QED) is 0.868. The van der Waals surface area contributed by atoms with Crippen LogP contribution in [0.4, 0.5) is 5.82 Å². The molecule has 2 saturated carbocycles. The molecule has 106 valence electrons. The lowest BCUT2D eigenvalue weighted by Gasteiger charge is -2.38. The molecule has 3 rings (SSSR count). The van der Waals surface area contributed by atoms with E-state index in [1.807, 2.05) is 6.07 Å². The van der Waals surface area contributed by atoms with E-state index in [-0.39, 0.29) is 11.8 Å². The molecule has 5 nitrogen and oxygen atoms in total. The Labute approximate surface area is 118 Å². The summed E-state index contributed by atoms with van der Waals surface area (Å²) in [5, 5.41) is 18.2. The maximum atomic E-state index is 12.3. The minimum Gasteiger partial charge on any atom is -0.310 e. The summed E-state index contributed by atoms with van der Waals surface area (Å²) in [5.41, 5.74) is 0.393. The summed E-state index contributed by atoms with van der Waals surface area (Å²) < 4.78 is 0. The van der Waals surface area contributed by atoms with Gasteiger partial charge in [0, 0.05) is 5.92 Å². The number of aromatic nitrogens is 2. The summed E-state index contributed by atoms with van der Waals surface area (Å²) >= 11 is 0. The maximum absolute atomic E-state index is 12.3. The zero-order valence-corrected chi connectivity index (χ0v) is 11.6. The Morgan fingerprint density at radius 2 is 2.10 bits per heavy atom.